The maximum absolute atomic E-state index is 12.0. The van der Waals surface area contributed by atoms with Crippen molar-refractivity contribution >= 4 is 0 Å². The van der Waals surface area contributed by atoms with Crippen molar-refractivity contribution in [3.05, 3.63) is 80.9 Å². The second kappa shape index (κ2) is 7.01. The summed E-state index contributed by atoms with van der Waals surface area (Å²) in [5.41, 5.74) is 4.29. The van der Waals surface area contributed by atoms with E-state index in [1.165, 1.54) is 5.56 Å². The Hall–Kier alpha value is -2.75. The fraction of sp³-hybridized carbons (Fsp3) is 0.286. The predicted molar refractivity (Wildman–Crippen MR) is 97.5 cm³/mol. The summed E-state index contributed by atoms with van der Waals surface area (Å²) in [6, 6.07) is 7.84. The van der Waals surface area contributed by atoms with Gasteiger partial charge in [0.05, 0.1) is 5.56 Å². The molecule has 0 aliphatic carbocycles. The van der Waals surface area contributed by atoms with Crippen LogP contribution in [0.4, 0.5) is 0 Å². The van der Waals surface area contributed by atoms with Gasteiger partial charge in [0, 0.05) is 12.5 Å². The van der Waals surface area contributed by atoms with Crippen molar-refractivity contribution in [2.24, 2.45) is 0 Å². The summed E-state index contributed by atoms with van der Waals surface area (Å²) < 4.78 is 16.8. The number of ether oxygens (including phenoxy) is 2. The van der Waals surface area contributed by atoms with Gasteiger partial charge in [0.1, 0.15) is 30.5 Å². The zero-order chi connectivity index (χ0) is 18.0. The Balaban J connectivity index is 1.69. The second-order valence-electron chi connectivity index (χ2n) is 6.37. The van der Waals surface area contributed by atoms with Crippen LogP contribution in [0, 0.1) is 20.8 Å². The van der Waals surface area contributed by atoms with Crippen LogP contribution in [-0.4, -0.2) is 13.2 Å². The topological polar surface area (TPSA) is 48.7 Å². The van der Waals surface area contributed by atoms with Crippen molar-refractivity contribution in [2.45, 2.75) is 27.2 Å². The van der Waals surface area contributed by atoms with Gasteiger partial charge < -0.3 is 13.9 Å². The molecule has 0 spiro atoms. The lowest BCUT2D eigenvalue weighted by molar-refractivity contribution is 0.328. The van der Waals surface area contributed by atoms with Gasteiger partial charge in [0.25, 0.3) is 0 Å². The maximum atomic E-state index is 12.0. The second-order valence-corrected chi connectivity index (χ2v) is 6.37. The summed E-state index contributed by atoms with van der Waals surface area (Å²) in [5.74, 6) is 1.98. The van der Waals surface area contributed by atoms with Gasteiger partial charge in [-0.05, 0) is 43.5 Å². The van der Waals surface area contributed by atoms with E-state index in [4.69, 9.17) is 13.9 Å². The van der Waals surface area contributed by atoms with Gasteiger partial charge >= 0.3 is 5.63 Å². The molecule has 0 radical (unpaired) electrons. The fourth-order valence-electron chi connectivity index (χ4n) is 2.83. The average molecular weight is 338 g/mol. The molecule has 4 heteroatoms. The van der Waals surface area contributed by atoms with Crippen LogP contribution in [0.2, 0.25) is 0 Å². The standard InChI is InChI=1S/C21H22O4/c1-13-5-8-19(14(2)9-13)23-11-15(3)17-6-7-18-20(24-12-17)10-16(4)25-21(18)22/h5-6,8-10H,3,7,11-12H2,1-2,4H3. The van der Waals surface area contributed by atoms with Crippen LogP contribution in [0.5, 0.6) is 11.5 Å². The molecule has 0 unspecified atom stereocenters. The van der Waals surface area contributed by atoms with Gasteiger partial charge in [-0.15, -0.1) is 0 Å². The van der Waals surface area contributed by atoms with E-state index in [-0.39, 0.29) is 5.63 Å². The van der Waals surface area contributed by atoms with Crippen molar-refractivity contribution in [1.29, 1.82) is 0 Å². The lowest BCUT2D eigenvalue weighted by Crippen LogP contribution is -2.10. The minimum absolute atomic E-state index is 0.343. The third-order valence-electron chi connectivity index (χ3n) is 4.25. The molecule has 1 aliphatic heterocycles. The van der Waals surface area contributed by atoms with E-state index < -0.39 is 0 Å². The molecular formula is C21H22O4. The summed E-state index contributed by atoms with van der Waals surface area (Å²) in [4.78, 5) is 12.0. The SMILES string of the molecule is C=C(COc1ccc(C)cc1C)C1=CCc2c(cc(C)oc2=O)OC1. The summed E-state index contributed by atoms with van der Waals surface area (Å²) in [6.07, 6.45) is 2.43. The Morgan fingerprint density at radius 1 is 1.24 bits per heavy atom. The normalized spacial score (nSPS) is 13.3. The maximum Gasteiger partial charge on any atom is 0.343 e. The zero-order valence-corrected chi connectivity index (χ0v) is 14.8. The Labute approximate surface area is 147 Å². The molecule has 0 saturated heterocycles. The van der Waals surface area contributed by atoms with Crippen molar-refractivity contribution in [3.63, 3.8) is 0 Å². The lowest BCUT2D eigenvalue weighted by Gasteiger charge is -2.14. The first-order valence-electron chi connectivity index (χ1n) is 8.27. The van der Waals surface area contributed by atoms with E-state index in [1.807, 2.05) is 25.1 Å². The van der Waals surface area contributed by atoms with Gasteiger partial charge in [-0.25, -0.2) is 4.79 Å². The van der Waals surface area contributed by atoms with Crippen LogP contribution in [-0.2, 0) is 6.42 Å². The number of hydrogen-bond donors (Lipinski definition) is 0. The minimum atomic E-state index is -0.343. The van der Waals surface area contributed by atoms with Crippen LogP contribution in [0.3, 0.4) is 0 Å². The van der Waals surface area contributed by atoms with Crippen molar-refractivity contribution < 1.29 is 13.9 Å². The van der Waals surface area contributed by atoms with Gasteiger partial charge in [0.15, 0.2) is 0 Å². The molecule has 25 heavy (non-hydrogen) atoms. The molecule has 2 aromatic rings. The summed E-state index contributed by atoms with van der Waals surface area (Å²) in [7, 11) is 0. The van der Waals surface area contributed by atoms with Gasteiger partial charge in [-0.2, -0.15) is 0 Å². The Morgan fingerprint density at radius 2 is 2.04 bits per heavy atom. The van der Waals surface area contributed by atoms with E-state index in [1.54, 1.807) is 13.0 Å². The largest absolute Gasteiger partial charge is 0.489 e. The molecule has 1 aromatic carbocycles. The number of aryl methyl sites for hydroxylation is 3. The molecule has 0 fully saturated rings. The molecule has 4 nitrogen and oxygen atoms in total. The van der Waals surface area contributed by atoms with Crippen LogP contribution in [0.15, 0.2) is 57.3 Å². The van der Waals surface area contributed by atoms with E-state index in [2.05, 4.69) is 19.6 Å². The van der Waals surface area contributed by atoms with E-state index in [0.717, 1.165) is 22.5 Å². The average Bonchev–Trinajstić information content (AvgIpc) is 2.76. The van der Waals surface area contributed by atoms with Gasteiger partial charge in [-0.3, -0.25) is 0 Å². The minimum Gasteiger partial charge on any atom is -0.489 e. The molecule has 2 heterocycles. The first-order valence-corrected chi connectivity index (χ1v) is 8.27. The van der Waals surface area contributed by atoms with E-state index in [0.29, 0.717) is 36.7 Å². The van der Waals surface area contributed by atoms with Crippen LogP contribution >= 0.6 is 0 Å². The molecule has 0 N–H and O–H groups in total. The highest BCUT2D eigenvalue weighted by atomic mass is 16.5. The summed E-state index contributed by atoms with van der Waals surface area (Å²) in [5, 5.41) is 0. The van der Waals surface area contributed by atoms with Crippen molar-refractivity contribution in [2.75, 3.05) is 13.2 Å². The van der Waals surface area contributed by atoms with Crippen LogP contribution in [0.25, 0.3) is 0 Å². The Kier molecular flexibility index (Phi) is 4.79. The monoisotopic (exact) mass is 338 g/mol. The highest BCUT2D eigenvalue weighted by molar-refractivity contribution is 5.41. The molecule has 0 atom stereocenters. The molecule has 1 aromatic heterocycles. The Bertz CT molecular complexity index is 903. The summed E-state index contributed by atoms with van der Waals surface area (Å²) in [6.45, 7) is 10.7. The van der Waals surface area contributed by atoms with E-state index in [9.17, 15) is 4.79 Å². The first kappa shape index (κ1) is 17.1. The first-order chi connectivity index (χ1) is 11.9. The fourth-order valence-corrected chi connectivity index (χ4v) is 2.83. The quantitative estimate of drug-likeness (QED) is 0.843. The van der Waals surface area contributed by atoms with Gasteiger partial charge in [0.2, 0.25) is 0 Å². The molecule has 0 amide bonds. The highest BCUT2D eigenvalue weighted by Crippen LogP contribution is 2.25. The van der Waals surface area contributed by atoms with Crippen molar-refractivity contribution in [1.82, 2.24) is 0 Å². The highest BCUT2D eigenvalue weighted by Gasteiger charge is 2.17. The number of benzene rings is 1. The third kappa shape index (κ3) is 3.85. The van der Waals surface area contributed by atoms with E-state index >= 15 is 0 Å². The van der Waals surface area contributed by atoms with Gasteiger partial charge in [-0.1, -0.05) is 30.4 Å². The smallest absolute Gasteiger partial charge is 0.343 e. The lowest BCUT2D eigenvalue weighted by atomic mass is 10.1. The van der Waals surface area contributed by atoms with Crippen LogP contribution in [0.1, 0.15) is 22.5 Å². The van der Waals surface area contributed by atoms with Crippen LogP contribution < -0.4 is 15.1 Å². The summed E-state index contributed by atoms with van der Waals surface area (Å²) >= 11 is 0. The molecule has 3 rings (SSSR count). The Morgan fingerprint density at radius 3 is 2.80 bits per heavy atom. The third-order valence-corrected chi connectivity index (χ3v) is 4.25. The number of fused-ring (bicyclic) bond motifs is 1. The number of allylic oxidation sites excluding steroid dienone is 1. The van der Waals surface area contributed by atoms with Crippen molar-refractivity contribution in [3.8, 4) is 11.5 Å². The zero-order valence-electron chi connectivity index (χ0n) is 14.8. The molecule has 1 aliphatic rings. The number of hydrogen-bond acceptors (Lipinski definition) is 4. The number of rotatable bonds is 4. The molecule has 0 saturated carbocycles. The molecular weight excluding hydrogens is 316 g/mol. The predicted octanol–water partition coefficient (Wildman–Crippen LogP) is 4.06. The molecule has 0 bridgehead atoms. The molecule has 130 valence electrons.